The highest BCUT2D eigenvalue weighted by Crippen LogP contribution is 2.17. The predicted molar refractivity (Wildman–Crippen MR) is 90.0 cm³/mol. The van der Waals surface area contributed by atoms with Gasteiger partial charge in [0.2, 0.25) is 5.91 Å². The molecule has 0 radical (unpaired) electrons. The van der Waals surface area contributed by atoms with Gasteiger partial charge in [0.25, 0.3) is 0 Å². The molecule has 0 aromatic carbocycles. The highest BCUT2D eigenvalue weighted by atomic mass is 35.5. The Kier molecular flexibility index (Phi) is 8.60. The second-order valence-electron chi connectivity index (χ2n) is 6.54. The standard InChI is InChI=1S/C16H31N3O.ClH/c1-3-10-18(15-6-8-17-9-7-15)13-16(20)19-11-4-5-14(2)12-19;/h14-15,17H,3-13H2,1-2H3;1H. The summed E-state index contributed by atoms with van der Waals surface area (Å²) < 4.78 is 0. The second kappa shape index (κ2) is 9.65. The van der Waals surface area contributed by atoms with Crippen LogP contribution in [-0.2, 0) is 4.79 Å². The van der Waals surface area contributed by atoms with Crippen LogP contribution in [0.4, 0.5) is 0 Å². The summed E-state index contributed by atoms with van der Waals surface area (Å²) >= 11 is 0. The summed E-state index contributed by atoms with van der Waals surface area (Å²) in [5.74, 6) is 1.02. The summed E-state index contributed by atoms with van der Waals surface area (Å²) in [6, 6.07) is 0.599. The van der Waals surface area contributed by atoms with Crippen molar-refractivity contribution in [3.05, 3.63) is 0 Å². The zero-order valence-electron chi connectivity index (χ0n) is 13.6. The van der Waals surface area contributed by atoms with E-state index in [2.05, 4.69) is 29.0 Å². The Balaban J connectivity index is 0.00000220. The first kappa shape index (κ1) is 18.7. The number of likely N-dealkylation sites (tertiary alicyclic amines) is 1. The summed E-state index contributed by atoms with van der Waals surface area (Å²) in [7, 11) is 0. The van der Waals surface area contributed by atoms with Crippen LogP contribution in [0.3, 0.4) is 0 Å². The van der Waals surface area contributed by atoms with Crippen molar-refractivity contribution in [3.63, 3.8) is 0 Å². The molecule has 0 spiro atoms. The number of halogens is 1. The Morgan fingerprint density at radius 1 is 1.29 bits per heavy atom. The number of hydrogen-bond acceptors (Lipinski definition) is 3. The fourth-order valence-corrected chi connectivity index (χ4v) is 3.54. The number of carbonyl (C=O) groups is 1. The third-order valence-electron chi connectivity index (χ3n) is 4.68. The molecular weight excluding hydrogens is 286 g/mol. The maximum absolute atomic E-state index is 12.5. The number of carbonyl (C=O) groups excluding carboxylic acids is 1. The summed E-state index contributed by atoms with van der Waals surface area (Å²) in [5, 5.41) is 3.41. The zero-order chi connectivity index (χ0) is 14.4. The molecule has 4 nitrogen and oxygen atoms in total. The zero-order valence-corrected chi connectivity index (χ0v) is 14.5. The van der Waals surface area contributed by atoms with Gasteiger partial charge in [0.1, 0.15) is 0 Å². The first-order chi connectivity index (χ1) is 9.70. The highest BCUT2D eigenvalue weighted by molar-refractivity contribution is 5.85. The van der Waals surface area contributed by atoms with E-state index in [9.17, 15) is 4.79 Å². The van der Waals surface area contributed by atoms with Crippen LogP contribution in [0.15, 0.2) is 0 Å². The molecule has 2 fully saturated rings. The highest BCUT2D eigenvalue weighted by Gasteiger charge is 2.26. The van der Waals surface area contributed by atoms with E-state index < -0.39 is 0 Å². The fourth-order valence-electron chi connectivity index (χ4n) is 3.54. The van der Waals surface area contributed by atoms with E-state index >= 15 is 0 Å². The van der Waals surface area contributed by atoms with Gasteiger partial charge in [-0.3, -0.25) is 9.69 Å². The second-order valence-corrected chi connectivity index (χ2v) is 6.54. The normalized spacial score (nSPS) is 24.0. The topological polar surface area (TPSA) is 35.6 Å². The van der Waals surface area contributed by atoms with E-state index in [1.807, 2.05) is 0 Å². The van der Waals surface area contributed by atoms with Gasteiger partial charge in [-0.1, -0.05) is 13.8 Å². The van der Waals surface area contributed by atoms with Gasteiger partial charge in [0.05, 0.1) is 6.54 Å². The molecule has 1 N–H and O–H groups in total. The Morgan fingerprint density at radius 3 is 2.62 bits per heavy atom. The van der Waals surface area contributed by atoms with E-state index in [4.69, 9.17) is 0 Å². The first-order valence-corrected chi connectivity index (χ1v) is 8.43. The van der Waals surface area contributed by atoms with Gasteiger partial charge in [-0.15, -0.1) is 12.4 Å². The monoisotopic (exact) mass is 317 g/mol. The molecule has 124 valence electrons. The molecular formula is C16H32ClN3O. The lowest BCUT2D eigenvalue weighted by atomic mass is 10.00. The smallest absolute Gasteiger partial charge is 0.236 e. The molecule has 1 unspecified atom stereocenters. The lowest BCUT2D eigenvalue weighted by Crippen LogP contribution is -2.50. The van der Waals surface area contributed by atoms with Gasteiger partial charge < -0.3 is 10.2 Å². The van der Waals surface area contributed by atoms with Gasteiger partial charge in [-0.05, 0) is 57.7 Å². The Labute approximate surface area is 136 Å². The molecule has 0 bridgehead atoms. The summed E-state index contributed by atoms with van der Waals surface area (Å²) in [4.78, 5) is 17.1. The van der Waals surface area contributed by atoms with Gasteiger partial charge >= 0.3 is 0 Å². The van der Waals surface area contributed by atoms with Gasteiger partial charge in [-0.2, -0.15) is 0 Å². The number of hydrogen-bond donors (Lipinski definition) is 1. The van der Waals surface area contributed by atoms with E-state index in [0.29, 0.717) is 24.4 Å². The van der Waals surface area contributed by atoms with Crippen LogP contribution >= 0.6 is 12.4 Å². The van der Waals surface area contributed by atoms with Gasteiger partial charge in [0.15, 0.2) is 0 Å². The Bertz CT molecular complexity index is 308. The van der Waals surface area contributed by atoms with Crippen LogP contribution in [-0.4, -0.2) is 61.0 Å². The van der Waals surface area contributed by atoms with Crippen LogP contribution < -0.4 is 5.32 Å². The third-order valence-corrected chi connectivity index (χ3v) is 4.68. The quantitative estimate of drug-likeness (QED) is 0.844. The first-order valence-electron chi connectivity index (χ1n) is 8.43. The lowest BCUT2D eigenvalue weighted by molar-refractivity contribution is -0.134. The Morgan fingerprint density at radius 2 is 2.00 bits per heavy atom. The van der Waals surface area contributed by atoms with Crippen LogP contribution in [0.25, 0.3) is 0 Å². The molecule has 2 aliphatic rings. The number of nitrogens with one attached hydrogen (secondary N) is 1. The lowest BCUT2D eigenvalue weighted by Gasteiger charge is -2.37. The minimum Gasteiger partial charge on any atom is -0.341 e. The van der Waals surface area contributed by atoms with E-state index in [0.717, 1.165) is 39.1 Å². The van der Waals surface area contributed by atoms with Crippen molar-refractivity contribution in [3.8, 4) is 0 Å². The molecule has 2 saturated heterocycles. The van der Waals surface area contributed by atoms with Gasteiger partial charge in [-0.25, -0.2) is 0 Å². The minimum atomic E-state index is 0. The summed E-state index contributed by atoms with van der Waals surface area (Å²) in [6.45, 7) is 10.3. The summed E-state index contributed by atoms with van der Waals surface area (Å²) in [5.41, 5.74) is 0. The largest absolute Gasteiger partial charge is 0.341 e. The van der Waals surface area contributed by atoms with Crippen LogP contribution in [0.1, 0.15) is 46.0 Å². The third kappa shape index (κ3) is 5.76. The van der Waals surface area contributed by atoms with Crippen molar-refractivity contribution < 1.29 is 4.79 Å². The maximum atomic E-state index is 12.5. The molecule has 1 amide bonds. The SMILES string of the molecule is CCCN(CC(=O)N1CCCC(C)C1)C1CCNCC1.Cl. The average molecular weight is 318 g/mol. The fraction of sp³-hybridized carbons (Fsp3) is 0.938. The van der Waals surface area contributed by atoms with Crippen molar-refractivity contribution in [1.29, 1.82) is 0 Å². The molecule has 2 aliphatic heterocycles. The van der Waals surface area contributed by atoms with Crippen molar-refractivity contribution >= 4 is 18.3 Å². The van der Waals surface area contributed by atoms with E-state index in [1.165, 1.54) is 25.7 Å². The maximum Gasteiger partial charge on any atom is 0.236 e. The van der Waals surface area contributed by atoms with Crippen LogP contribution in [0, 0.1) is 5.92 Å². The van der Waals surface area contributed by atoms with Crippen molar-refractivity contribution in [2.75, 3.05) is 39.3 Å². The molecule has 2 heterocycles. The molecule has 2 rings (SSSR count). The number of amides is 1. The van der Waals surface area contributed by atoms with Gasteiger partial charge in [0, 0.05) is 19.1 Å². The number of nitrogens with zero attached hydrogens (tertiary/aromatic N) is 2. The van der Waals surface area contributed by atoms with Crippen LogP contribution in [0.5, 0.6) is 0 Å². The molecule has 5 heteroatoms. The van der Waals surface area contributed by atoms with Crippen molar-refractivity contribution in [2.24, 2.45) is 5.92 Å². The molecule has 1 atom stereocenters. The summed E-state index contributed by atoms with van der Waals surface area (Å²) in [6.07, 6.45) is 5.95. The van der Waals surface area contributed by atoms with Crippen molar-refractivity contribution in [1.82, 2.24) is 15.1 Å². The number of piperidine rings is 2. The number of rotatable bonds is 5. The van der Waals surface area contributed by atoms with Crippen molar-refractivity contribution in [2.45, 2.75) is 52.0 Å². The molecule has 0 aromatic rings. The molecule has 0 aliphatic carbocycles. The molecule has 21 heavy (non-hydrogen) atoms. The predicted octanol–water partition coefficient (Wildman–Crippen LogP) is 2.13. The van der Waals surface area contributed by atoms with E-state index in [-0.39, 0.29) is 12.4 Å². The van der Waals surface area contributed by atoms with E-state index in [1.54, 1.807) is 0 Å². The molecule has 0 saturated carbocycles. The van der Waals surface area contributed by atoms with Crippen LogP contribution in [0.2, 0.25) is 0 Å². The Hall–Kier alpha value is -0.320. The molecule has 0 aromatic heterocycles. The average Bonchev–Trinajstić information content (AvgIpc) is 2.47. The minimum absolute atomic E-state index is 0.